The van der Waals surface area contributed by atoms with Crippen LogP contribution in [0.5, 0.6) is 0 Å². The smallest absolute Gasteiger partial charge is 0.243 e. The van der Waals surface area contributed by atoms with E-state index in [1.54, 1.807) is 0 Å². The minimum absolute atomic E-state index is 0.0502. The van der Waals surface area contributed by atoms with E-state index in [4.69, 9.17) is 0 Å². The Hall–Kier alpha value is -2.66. The fraction of sp³-hybridized carbons (Fsp3) is 0.417. The van der Waals surface area contributed by atoms with Crippen LogP contribution in [0.25, 0.3) is 0 Å². The summed E-state index contributed by atoms with van der Waals surface area (Å²) in [7, 11) is 0. The second-order valence-electron chi connectivity index (χ2n) is 7.77. The molecule has 0 saturated heterocycles. The van der Waals surface area contributed by atoms with Crippen molar-refractivity contribution in [3.8, 4) is 0 Å². The van der Waals surface area contributed by atoms with Gasteiger partial charge in [-0.25, -0.2) is 0 Å². The van der Waals surface area contributed by atoms with E-state index in [0.29, 0.717) is 5.92 Å². The first-order valence-corrected chi connectivity index (χ1v) is 10.3. The van der Waals surface area contributed by atoms with Crippen molar-refractivity contribution in [1.29, 1.82) is 0 Å². The summed E-state index contributed by atoms with van der Waals surface area (Å²) in [5.41, 5.74) is 5.38. The molecule has 0 bridgehead atoms. The largest absolute Gasteiger partial charge is 0.346 e. The van der Waals surface area contributed by atoms with E-state index >= 15 is 0 Å². The Bertz CT molecular complexity index is 829. The van der Waals surface area contributed by atoms with Gasteiger partial charge in [-0.3, -0.25) is 9.59 Å². The zero-order chi connectivity index (χ0) is 21.4. The molecule has 0 spiro atoms. The number of amides is 2. The summed E-state index contributed by atoms with van der Waals surface area (Å²) in [6.07, 6.45) is 1.01. The lowest BCUT2D eigenvalue weighted by Crippen LogP contribution is -2.40. The average Bonchev–Trinajstić information content (AvgIpc) is 2.70. The summed E-state index contributed by atoms with van der Waals surface area (Å²) < 4.78 is 0. The molecule has 0 aliphatic heterocycles. The molecule has 0 heterocycles. The molecule has 2 rings (SSSR count). The van der Waals surface area contributed by atoms with Gasteiger partial charge in [0.05, 0.1) is 13.1 Å². The summed E-state index contributed by atoms with van der Waals surface area (Å²) in [6.45, 7) is 10.5. The molecule has 156 valence electrons. The third kappa shape index (κ3) is 6.71. The zero-order valence-corrected chi connectivity index (χ0v) is 18.1. The van der Waals surface area contributed by atoms with Crippen molar-refractivity contribution in [2.24, 2.45) is 5.92 Å². The summed E-state index contributed by atoms with van der Waals surface area (Å²) >= 11 is 0. The van der Waals surface area contributed by atoms with Crippen LogP contribution in [0, 0.1) is 19.8 Å². The lowest BCUT2D eigenvalue weighted by Gasteiger charge is -2.23. The van der Waals surface area contributed by atoms with E-state index in [1.807, 2.05) is 32.0 Å². The molecular formula is C24H33N3O2. The Morgan fingerprint density at radius 2 is 1.62 bits per heavy atom. The molecule has 0 fully saturated rings. The fourth-order valence-corrected chi connectivity index (χ4v) is 3.22. The molecule has 2 aromatic carbocycles. The van der Waals surface area contributed by atoms with E-state index in [2.05, 4.69) is 61.0 Å². The highest BCUT2D eigenvalue weighted by atomic mass is 16.2. The van der Waals surface area contributed by atoms with Gasteiger partial charge in [0.1, 0.15) is 0 Å². The highest BCUT2D eigenvalue weighted by molar-refractivity contribution is 5.95. The monoisotopic (exact) mass is 395 g/mol. The predicted molar refractivity (Wildman–Crippen MR) is 119 cm³/mol. The van der Waals surface area contributed by atoms with Crippen LogP contribution >= 0.6 is 0 Å². The van der Waals surface area contributed by atoms with E-state index in [0.717, 1.165) is 28.8 Å². The molecule has 0 aliphatic carbocycles. The normalized spacial score (nSPS) is 11.9. The summed E-state index contributed by atoms with van der Waals surface area (Å²) in [5.74, 6) is -0.0950. The number of carbonyl (C=O) groups is 2. The number of aryl methyl sites for hydroxylation is 2. The van der Waals surface area contributed by atoms with E-state index < -0.39 is 0 Å². The van der Waals surface area contributed by atoms with Crippen molar-refractivity contribution in [3.05, 3.63) is 64.7 Å². The number of anilines is 1. The quantitative estimate of drug-likeness (QED) is 0.603. The number of hydrogen-bond donors (Lipinski definition) is 3. The Morgan fingerprint density at radius 3 is 2.24 bits per heavy atom. The number of hydrogen-bond acceptors (Lipinski definition) is 3. The standard InChI is InChI=1S/C24H33N3O2/c1-6-19-10-12-20(13-11-19)24(16(2)3)26-14-22(28)25-15-23(29)27-21-9-7-8-17(4)18(21)5/h7-13,16,24,26H,6,14-15H2,1-5H3,(H,25,28)(H,27,29)/t24-/m0/s1. The molecule has 0 aliphatic rings. The zero-order valence-electron chi connectivity index (χ0n) is 18.1. The first-order chi connectivity index (χ1) is 13.8. The molecular weight excluding hydrogens is 362 g/mol. The van der Waals surface area contributed by atoms with Gasteiger partial charge >= 0.3 is 0 Å². The van der Waals surface area contributed by atoms with Gasteiger partial charge in [-0.15, -0.1) is 0 Å². The second kappa shape index (κ2) is 10.8. The maximum Gasteiger partial charge on any atom is 0.243 e. The fourth-order valence-electron chi connectivity index (χ4n) is 3.22. The van der Waals surface area contributed by atoms with Crippen molar-refractivity contribution in [2.45, 2.75) is 47.1 Å². The van der Waals surface area contributed by atoms with E-state index in [-0.39, 0.29) is 30.9 Å². The van der Waals surface area contributed by atoms with Crippen LogP contribution in [0.1, 0.15) is 49.1 Å². The molecule has 5 heteroatoms. The van der Waals surface area contributed by atoms with Gasteiger partial charge < -0.3 is 16.0 Å². The third-order valence-corrected chi connectivity index (χ3v) is 5.22. The highest BCUT2D eigenvalue weighted by Crippen LogP contribution is 2.22. The molecule has 0 unspecified atom stereocenters. The van der Waals surface area contributed by atoms with Gasteiger partial charge in [-0.1, -0.05) is 57.2 Å². The Balaban J connectivity index is 1.84. The summed E-state index contributed by atoms with van der Waals surface area (Å²) in [6, 6.07) is 14.3. The third-order valence-electron chi connectivity index (χ3n) is 5.22. The second-order valence-corrected chi connectivity index (χ2v) is 7.77. The van der Waals surface area contributed by atoms with Gasteiger partial charge in [-0.05, 0) is 54.5 Å². The number of nitrogens with one attached hydrogen (secondary N) is 3. The molecule has 0 aromatic heterocycles. The first-order valence-electron chi connectivity index (χ1n) is 10.3. The Kier molecular flexibility index (Phi) is 8.40. The topological polar surface area (TPSA) is 70.2 Å². The molecule has 1 atom stereocenters. The van der Waals surface area contributed by atoms with Crippen molar-refractivity contribution < 1.29 is 9.59 Å². The molecule has 29 heavy (non-hydrogen) atoms. The van der Waals surface area contributed by atoms with Crippen molar-refractivity contribution in [2.75, 3.05) is 18.4 Å². The van der Waals surface area contributed by atoms with Crippen molar-refractivity contribution in [3.63, 3.8) is 0 Å². The molecule has 3 N–H and O–H groups in total. The van der Waals surface area contributed by atoms with Gasteiger partial charge in [0.2, 0.25) is 11.8 Å². The van der Waals surface area contributed by atoms with E-state index in [9.17, 15) is 9.59 Å². The molecule has 0 radical (unpaired) electrons. The molecule has 2 amide bonds. The lowest BCUT2D eigenvalue weighted by atomic mass is 9.95. The summed E-state index contributed by atoms with van der Waals surface area (Å²) in [4.78, 5) is 24.4. The molecule has 2 aromatic rings. The van der Waals surface area contributed by atoms with Gasteiger partial charge in [-0.2, -0.15) is 0 Å². The van der Waals surface area contributed by atoms with Gasteiger partial charge in [0, 0.05) is 11.7 Å². The minimum Gasteiger partial charge on any atom is -0.346 e. The first kappa shape index (κ1) is 22.6. The van der Waals surface area contributed by atoms with Crippen LogP contribution < -0.4 is 16.0 Å². The SMILES string of the molecule is CCc1ccc([C@@H](NCC(=O)NCC(=O)Nc2cccc(C)c2C)C(C)C)cc1. The highest BCUT2D eigenvalue weighted by Gasteiger charge is 2.17. The molecule has 5 nitrogen and oxygen atoms in total. The van der Waals surface area contributed by atoms with Crippen LogP contribution in [0.4, 0.5) is 5.69 Å². The maximum atomic E-state index is 12.2. The van der Waals surface area contributed by atoms with Gasteiger partial charge in [0.25, 0.3) is 0 Å². The maximum absolute atomic E-state index is 12.2. The predicted octanol–water partition coefficient (Wildman–Crippen LogP) is 3.91. The van der Waals surface area contributed by atoms with E-state index in [1.165, 1.54) is 5.56 Å². The van der Waals surface area contributed by atoms with Crippen LogP contribution in [0.15, 0.2) is 42.5 Å². The van der Waals surface area contributed by atoms with Gasteiger partial charge in [0.15, 0.2) is 0 Å². The lowest BCUT2D eigenvalue weighted by molar-refractivity contribution is -0.123. The van der Waals surface area contributed by atoms with Crippen LogP contribution in [0.2, 0.25) is 0 Å². The minimum atomic E-state index is -0.234. The van der Waals surface area contributed by atoms with Crippen LogP contribution in [-0.2, 0) is 16.0 Å². The van der Waals surface area contributed by atoms with Crippen LogP contribution in [0.3, 0.4) is 0 Å². The Labute approximate surface area is 174 Å². The molecule has 0 saturated carbocycles. The van der Waals surface area contributed by atoms with Crippen molar-refractivity contribution in [1.82, 2.24) is 10.6 Å². The number of carbonyl (C=O) groups excluding carboxylic acids is 2. The summed E-state index contributed by atoms with van der Waals surface area (Å²) in [5, 5.41) is 8.86. The number of benzene rings is 2. The average molecular weight is 396 g/mol. The number of rotatable bonds is 9. The van der Waals surface area contributed by atoms with Crippen LogP contribution in [-0.4, -0.2) is 24.9 Å². The van der Waals surface area contributed by atoms with Crippen molar-refractivity contribution >= 4 is 17.5 Å². The Morgan fingerprint density at radius 1 is 0.931 bits per heavy atom.